The highest BCUT2D eigenvalue weighted by Gasteiger charge is 2.22. The molecule has 8 nitrogen and oxygen atoms in total. The summed E-state index contributed by atoms with van der Waals surface area (Å²) in [5.74, 6) is -0.182. The summed E-state index contributed by atoms with van der Waals surface area (Å²) in [6.45, 7) is 24.0. The Morgan fingerprint density at radius 2 is 0.551 bits per heavy atom. The maximum absolute atomic E-state index is 14.0. The first-order valence-corrected chi connectivity index (χ1v) is 33.9. The molecule has 0 N–H and O–H groups in total. The monoisotopic (exact) mass is 1290 g/mol. The second kappa shape index (κ2) is 28.1. The third-order valence-electron chi connectivity index (χ3n) is 18.8. The lowest BCUT2D eigenvalue weighted by molar-refractivity contribution is 0.598. The van der Waals surface area contributed by atoms with Crippen molar-refractivity contribution in [1.29, 1.82) is 0 Å². The van der Waals surface area contributed by atoms with Crippen molar-refractivity contribution >= 4 is 65.2 Å². The van der Waals surface area contributed by atoms with E-state index < -0.39 is 0 Å². The zero-order valence-corrected chi connectivity index (χ0v) is 58.1. The van der Waals surface area contributed by atoms with Gasteiger partial charge in [0.15, 0.2) is 0 Å². The molecular weight excluding hydrogens is 1210 g/mol. The normalized spacial score (nSPS) is 12.1. The van der Waals surface area contributed by atoms with E-state index in [4.69, 9.17) is 0 Å². The zero-order chi connectivity index (χ0) is 68.5. The summed E-state index contributed by atoms with van der Waals surface area (Å²) in [7, 11) is 0. The Balaban J connectivity index is 0.000000106. The summed E-state index contributed by atoms with van der Waals surface area (Å²) in [6.07, 6.45) is 5.82. The zero-order valence-electron chi connectivity index (χ0n) is 58.1. The molecule has 7 aromatic carbocycles. The first-order valence-electron chi connectivity index (χ1n) is 33.9. The van der Waals surface area contributed by atoms with Crippen molar-refractivity contribution in [1.82, 2.24) is 39.9 Å². The van der Waals surface area contributed by atoms with Crippen molar-refractivity contribution in [2.75, 3.05) is 0 Å². The smallest absolute Gasteiger partial charge is 0.133 e. The quantitative estimate of drug-likeness (QED) is 0.138. The Morgan fingerprint density at radius 3 is 1.06 bits per heavy atom. The SMILES string of the molecule is Cc1ccc2c(c1)CCc1nc(C)ccc1-2.Cc1ccc2c(ccc3c(F)c(C)ccc32)n1.Cc1ccc2c(ccc3nc(C)ccc32)c1.Cc1ccc2c(ccc3nc(C)ccc32)n1.Cc1ccc2c(n1)CCc1c-2ccc(C)c1F.Cc1ccc2c(n1)CCc1nc(C)ccc1-2. The average molecular weight is 1290 g/mol. The molecule has 8 heterocycles. The van der Waals surface area contributed by atoms with Gasteiger partial charge in [0.05, 0.1) is 22.1 Å². The van der Waals surface area contributed by atoms with Crippen LogP contribution in [0, 0.1) is 94.7 Å². The maximum atomic E-state index is 14.0. The standard InChI is InChI=1S/C15H14FN.C15H12FN.C15H15N.C15H13N.C14H14N2.C14H12N2/c2*1-9-3-5-11-12-6-4-10(2)17-14(12)8-7-13(11)15(9)16;2*1-10-3-6-13-12(9-10)5-8-15-14(13)7-4-11(2)16-15;2*1-9-3-5-11-12-6-4-10(2)16-14(12)8-7-13(11)15-9/h3-6H,7-8H2,1-2H3;3-8H,1-2H3;3-4,6-7,9H,5,8H2,1-2H3;3-9H,1-2H3;3-6H,7-8H2,1-2H3;3-8H,1-2H3. The number of nitrogens with zero attached hydrogens (tertiary/aromatic N) is 8. The predicted octanol–water partition coefficient (Wildman–Crippen LogP) is 21.5. The minimum Gasteiger partial charge on any atom is -0.258 e. The van der Waals surface area contributed by atoms with E-state index >= 15 is 0 Å². The van der Waals surface area contributed by atoms with Crippen LogP contribution in [0.3, 0.4) is 0 Å². The van der Waals surface area contributed by atoms with E-state index in [-0.39, 0.29) is 11.6 Å². The van der Waals surface area contributed by atoms with Crippen molar-refractivity contribution in [3.63, 3.8) is 0 Å². The molecule has 486 valence electrons. The summed E-state index contributed by atoms with van der Waals surface area (Å²) < 4.78 is 28.0. The van der Waals surface area contributed by atoms with Gasteiger partial charge in [0, 0.05) is 118 Å². The third kappa shape index (κ3) is 14.1. The number of aryl methyl sites for hydroxylation is 17. The van der Waals surface area contributed by atoms with E-state index in [9.17, 15) is 8.78 Å². The molecule has 98 heavy (non-hydrogen) atoms. The van der Waals surface area contributed by atoms with E-state index in [2.05, 4.69) is 176 Å². The van der Waals surface area contributed by atoms with Crippen LogP contribution in [-0.2, 0) is 38.5 Å². The second-order valence-electron chi connectivity index (χ2n) is 26.5. The molecule has 0 atom stereocenters. The number of halogens is 2. The van der Waals surface area contributed by atoms with Crippen molar-refractivity contribution < 1.29 is 8.78 Å². The Morgan fingerprint density at radius 1 is 0.235 bits per heavy atom. The van der Waals surface area contributed by atoms with Gasteiger partial charge in [-0.3, -0.25) is 39.9 Å². The van der Waals surface area contributed by atoms with Gasteiger partial charge < -0.3 is 0 Å². The molecule has 0 saturated heterocycles. The van der Waals surface area contributed by atoms with Gasteiger partial charge in [0.2, 0.25) is 0 Å². The topological polar surface area (TPSA) is 103 Å². The molecule has 8 aromatic heterocycles. The van der Waals surface area contributed by atoms with Gasteiger partial charge in [0.1, 0.15) is 11.6 Å². The molecule has 0 fully saturated rings. The molecule has 10 heteroatoms. The number of aromatic nitrogens is 8. The Hall–Kier alpha value is -10.8. The lowest BCUT2D eigenvalue weighted by Gasteiger charge is -2.20. The maximum Gasteiger partial charge on any atom is 0.133 e. The molecular formula is C88H80F2N8. The Bertz CT molecular complexity index is 5150. The van der Waals surface area contributed by atoms with Gasteiger partial charge in [-0.15, -0.1) is 0 Å². The fourth-order valence-corrected chi connectivity index (χ4v) is 13.7. The van der Waals surface area contributed by atoms with Crippen LogP contribution >= 0.6 is 0 Å². The van der Waals surface area contributed by atoms with Crippen LogP contribution in [0.2, 0.25) is 0 Å². The van der Waals surface area contributed by atoms with Crippen LogP contribution in [0.5, 0.6) is 0 Å². The largest absolute Gasteiger partial charge is 0.258 e. The van der Waals surface area contributed by atoms with E-state index in [1.54, 1.807) is 6.92 Å². The molecule has 0 amide bonds. The Kier molecular flexibility index (Phi) is 18.9. The van der Waals surface area contributed by atoms with Gasteiger partial charge >= 0.3 is 0 Å². The van der Waals surface area contributed by atoms with Crippen molar-refractivity contribution in [3.05, 3.63) is 307 Å². The van der Waals surface area contributed by atoms with Gasteiger partial charge in [0.25, 0.3) is 0 Å². The van der Waals surface area contributed by atoms with Crippen LogP contribution in [0.25, 0.3) is 98.5 Å². The van der Waals surface area contributed by atoms with E-state index in [1.165, 1.54) is 83.0 Å². The second-order valence-corrected chi connectivity index (χ2v) is 26.5. The lowest BCUT2D eigenvalue weighted by Crippen LogP contribution is -2.09. The van der Waals surface area contributed by atoms with Crippen molar-refractivity contribution in [2.45, 2.75) is 122 Å². The summed E-state index contributed by atoms with van der Waals surface area (Å²) >= 11 is 0. The first-order chi connectivity index (χ1) is 47.3. The molecule has 3 aliphatic carbocycles. The minimum atomic E-state index is -0.134. The predicted molar refractivity (Wildman–Crippen MR) is 401 cm³/mol. The molecule has 0 radical (unpaired) electrons. The third-order valence-corrected chi connectivity index (χ3v) is 18.8. The van der Waals surface area contributed by atoms with Gasteiger partial charge in [-0.1, -0.05) is 126 Å². The van der Waals surface area contributed by atoms with E-state index in [1.807, 2.05) is 134 Å². The molecule has 0 bridgehead atoms. The van der Waals surface area contributed by atoms with E-state index in [0.29, 0.717) is 10.9 Å². The summed E-state index contributed by atoms with van der Waals surface area (Å²) in [4.78, 5) is 36.4. The van der Waals surface area contributed by atoms with Crippen molar-refractivity contribution in [2.24, 2.45) is 0 Å². The highest BCUT2D eigenvalue weighted by atomic mass is 19.1. The fraction of sp³-hybridized carbons (Fsp3) is 0.205. The van der Waals surface area contributed by atoms with E-state index in [0.717, 1.165) is 145 Å². The van der Waals surface area contributed by atoms with Crippen LogP contribution in [-0.4, -0.2) is 39.9 Å². The molecule has 0 unspecified atom stereocenters. The summed E-state index contributed by atoms with van der Waals surface area (Å²) in [5.41, 5.74) is 31.1. The van der Waals surface area contributed by atoms with Gasteiger partial charge in [-0.2, -0.15) is 0 Å². The first kappa shape index (κ1) is 65.8. The number of fused-ring (bicyclic) bond motifs is 18. The molecule has 0 saturated carbocycles. The van der Waals surface area contributed by atoms with Crippen molar-refractivity contribution in [3.8, 4) is 33.4 Å². The minimum absolute atomic E-state index is 0.0475. The van der Waals surface area contributed by atoms with Crippen LogP contribution in [0.1, 0.15) is 102 Å². The lowest BCUT2D eigenvalue weighted by atomic mass is 9.87. The number of benzene rings is 7. The molecule has 15 aromatic rings. The van der Waals surface area contributed by atoms with Gasteiger partial charge in [-0.25, -0.2) is 8.78 Å². The number of pyridine rings is 8. The fourth-order valence-electron chi connectivity index (χ4n) is 13.7. The Labute approximate surface area is 573 Å². The summed E-state index contributed by atoms with van der Waals surface area (Å²) in [6, 6.07) is 66.4. The highest BCUT2D eigenvalue weighted by molar-refractivity contribution is 6.08. The van der Waals surface area contributed by atoms with Crippen LogP contribution in [0.4, 0.5) is 8.78 Å². The van der Waals surface area contributed by atoms with Crippen LogP contribution < -0.4 is 0 Å². The molecule has 0 spiro atoms. The molecule has 0 aliphatic heterocycles. The summed E-state index contributed by atoms with van der Waals surface area (Å²) in [5, 5.41) is 8.77. The highest BCUT2D eigenvalue weighted by Crippen LogP contribution is 2.37. The van der Waals surface area contributed by atoms with Gasteiger partial charge in [-0.05, 0) is 250 Å². The average Bonchev–Trinajstić information content (AvgIpc) is 0.862. The number of hydrogen-bond donors (Lipinski definition) is 0. The number of rotatable bonds is 0. The number of hydrogen-bond acceptors (Lipinski definition) is 8. The van der Waals surface area contributed by atoms with Crippen LogP contribution in [0.15, 0.2) is 194 Å². The molecule has 18 rings (SSSR count). The molecule has 3 aliphatic rings.